The van der Waals surface area contributed by atoms with E-state index in [-0.39, 0.29) is 5.82 Å². The van der Waals surface area contributed by atoms with Gasteiger partial charge in [-0.1, -0.05) is 0 Å². The molecule has 0 aromatic carbocycles. The number of rotatable bonds is 5. The Hall–Kier alpha value is -1.39. The molecule has 0 radical (unpaired) electrons. The van der Waals surface area contributed by atoms with Crippen molar-refractivity contribution < 1.29 is 14.4 Å². The SMILES string of the molecule is O=C(O)c1noc(CC(C2CC2)C2CC2)n1. The summed E-state index contributed by atoms with van der Waals surface area (Å²) in [5.74, 6) is 1.41. The first-order chi connectivity index (χ1) is 7.74. The van der Waals surface area contributed by atoms with Crippen LogP contribution in [0.2, 0.25) is 0 Å². The van der Waals surface area contributed by atoms with E-state index < -0.39 is 5.97 Å². The molecule has 1 heterocycles. The fourth-order valence-electron chi connectivity index (χ4n) is 2.39. The summed E-state index contributed by atoms with van der Waals surface area (Å²) in [5, 5.41) is 12.1. The monoisotopic (exact) mass is 222 g/mol. The van der Waals surface area contributed by atoms with Crippen LogP contribution in [0.1, 0.15) is 42.2 Å². The van der Waals surface area contributed by atoms with E-state index >= 15 is 0 Å². The van der Waals surface area contributed by atoms with Crippen molar-refractivity contribution in [1.82, 2.24) is 10.1 Å². The van der Waals surface area contributed by atoms with Crippen LogP contribution in [0.3, 0.4) is 0 Å². The first-order valence-corrected chi connectivity index (χ1v) is 5.80. The maximum Gasteiger partial charge on any atom is 0.377 e. The van der Waals surface area contributed by atoms with Gasteiger partial charge in [-0.2, -0.15) is 4.98 Å². The summed E-state index contributed by atoms with van der Waals surface area (Å²) in [6.07, 6.45) is 5.99. The van der Waals surface area contributed by atoms with Gasteiger partial charge in [0.2, 0.25) is 5.89 Å². The van der Waals surface area contributed by atoms with Crippen LogP contribution in [0.4, 0.5) is 0 Å². The molecule has 2 aliphatic carbocycles. The molecular weight excluding hydrogens is 208 g/mol. The Bertz CT molecular complexity index is 395. The molecule has 1 N–H and O–H groups in total. The van der Waals surface area contributed by atoms with Gasteiger partial charge >= 0.3 is 5.97 Å². The predicted molar refractivity (Wildman–Crippen MR) is 53.9 cm³/mol. The smallest absolute Gasteiger partial charge is 0.377 e. The summed E-state index contributed by atoms with van der Waals surface area (Å²) in [7, 11) is 0. The number of carboxylic acids is 1. The second kappa shape index (κ2) is 3.57. The number of nitrogens with zero attached hydrogens (tertiary/aromatic N) is 2. The van der Waals surface area contributed by atoms with Crippen molar-refractivity contribution in [1.29, 1.82) is 0 Å². The third kappa shape index (κ3) is 1.94. The van der Waals surface area contributed by atoms with Gasteiger partial charge in [-0.3, -0.25) is 0 Å². The van der Waals surface area contributed by atoms with Gasteiger partial charge in [-0.25, -0.2) is 4.79 Å². The molecule has 2 saturated carbocycles. The zero-order valence-electron chi connectivity index (χ0n) is 8.93. The summed E-state index contributed by atoms with van der Waals surface area (Å²) in [6.45, 7) is 0. The summed E-state index contributed by atoms with van der Waals surface area (Å²) in [4.78, 5) is 14.5. The molecule has 0 aliphatic heterocycles. The molecule has 0 amide bonds. The van der Waals surface area contributed by atoms with E-state index in [0.717, 1.165) is 18.3 Å². The lowest BCUT2D eigenvalue weighted by atomic mass is 9.94. The Morgan fingerprint density at radius 3 is 2.44 bits per heavy atom. The lowest BCUT2D eigenvalue weighted by Crippen LogP contribution is -2.10. The molecule has 86 valence electrons. The number of carbonyl (C=O) groups is 1. The lowest BCUT2D eigenvalue weighted by Gasteiger charge is -2.11. The maximum atomic E-state index is 10.6. The van der Waals surface area contributed by atoms with Crippen molar-refractivity contribution in [3.63, 3.8) is 0 Å². The first kappa shape index (κ1) is 9.81. The van der Waals surface area contributed by atoms with E-state index in [1.165, 1.54) is 25.7 Å². The first-order valence-electron chi connectivity index (χ1n) is 5.80. The van der Waals surface area contributed by atoms with Crippen molar-refractivity contribution in [3.8, 4) is 0 Å². The van der Waals surface area contributed by atoms with Gasteiger partial charge in [0.1, 0.15) is 0 Å². The van der Waals surface area contributed by atoms with Crippen LogP contribution in [0.5, 0.6) is 0 Å². The predicted octanol–water partition coefficient (Wildman–Crippen LogP) is 1.75. The molecule has 2 fully saturated rings. The van der Waals surface area contributed by atoms with Crippen molar-refractivity contribution in [3.05, 3.63) is 11.7 Å². The zero-order chi connectivity index (χ0) is 11.1. The van der Waals surface area contributed by atoms with Crippen LogP contribution in [-0.4, -0.2) is 21.2 Å². The number of carboxylic acid groups (broad SMARTS) is 1. The van der Waals surface area contributed by atoms with Crippen LogP contribution < -0.4 is 0 Å². The standard InChI is InChI=1S/C11H14N2O3/c14-11(15)10-12-9(16-13-10)5-8(6-1-2-6)7-3-4-7/h6-8H,1-5H2,(H,14,15). The molecule has 0 atom stereocenters. The summed E-state index contributed by atoms with van der Waals surface area (Å²) in [6, 6.07) is 0. The van der Waals surface area contributed by atoms with Crippen LogP contribution in [0.25, 0.3) is 0 Å². The Kier molecular flexibility index (Phi) is 2.19. The Labute approximate surface area is 92.8 Å². The van der Waals surface area contributed by atoms with E-state index in [4.69, 9.17) is 9.63 Å². The molecule has 5 heteroatoms. The molecule has 2 aliphatic rings. The highest BCUT2D eigenvalue weighted by atomic mass is 16.5. The van der Waals surface area contributed by atoms with Gasteiger partial charge in [0.25, 0.3) is 5.82 Å². The maximum absolute atomic E-state index is 10.6. The molecule has 3 rings (SSSR count). The molecule has 1 aromatic heterocycles. The van der Waals surface area contributed by atoms with Crippen molar-refractivity contribution >= 4 is 5.97 Å². The number of aromatic nitrogens is 2. The van der Waals surface area contributed by atoms with Gasteiger partial charge in [0.05, 0.1) is 0 Å². The van der Waals surface area contributed by atoms with Crippen LogP contribution in [0, 0.1) is 17.8 Å². The normalized spacial score (nSPS) is 20.3. The van der Waals surface area contributed by atoms with E-state index in [1.54, 1.807) is 0 Å². The van der Waals surface area contributed by atoms with Gasteiger partial charge in [-0.05, 0) is 48.6 Å². The second-order valence-electron chi connectivity index (χ2n) is 4.86. The van der Waals surface area contributed by atoms with Crippen LogP contribution in [0.15, 0.2) is 4.52 Å². The van der Waals surface area contributed by atoms with Crippen molar-refractivity contribution in [2.24, 2.45) is 17.8 Å². The van der Waals surface area contributed by atoms with Gasteiger partial charge in [-0.15, -0.1) is 0 Å². The van der Waals surface area contributed by atoms with E-state index in [9.17, 15) is 4.79 Å². The highest BCUT2D eigenvalue weighted by molar-refractivity contribution is 5.82. The summed E-state index contributed by atoms with van der Waals surface area (Å²) < 4.78 is 4.97. The topological polar surface area (TPSA) is 76.2 Å². The quantitative estimate of drug-likeness (QED) is 0.821. The Morgan fingerprint density at radius 2 is 2.00 bits per heavy atom. The highest BCUT2D eigenvalue weighted by Crippen LogP contribution is 2.50. The fraction of sp³-hybridized carbons (Fsp3) is 0.727. The average Bonchev–Trinajstić information content (AvgIpc) is 3.15. The molecule has 0 saturated heterocycles. The molecule has 0 bridgehead atoms. The van der Waals surface area contributed by atoms with Crippen molar-refractivity contribution in [2.45, 2.75) is 32.1 Å². The minimum atomic E-state index is -1.12. The third-order valence-electron chi connectivity index (χ3n) is 3.52. The molecule has 0 spiro atoms. The fourth-order valence-corrected chi connectivity index (χ4v) is 2.39. The van der Waals surface area contributed by atoms with Gasteiger partial charge in [0, 0.05) is 6.42 Å². The molecule has 16 heavy (non-hydrogen) atoms. The number of hydrogen-bond donors (Lipinski definition) is 1. The van der Waals surface area contributed by atoms with Crippen molar-refractivity contribution in [2.75, 3.05) is 0 Å². The summed E-state index contributed by atoms with van der Waals surface area (Å²) in [5.41, 5.74) is 0. The zero-order valence-corrected chi connectivity index (χ0v) is 8.93. The Balaban J connectivity index is 1.69. The van der Waals surface area contributed by atoms with Gasteiger partial charge < -0.3 is 9.63 Å². The molecule has 5 nitrogen and oxygen atoms in total. The minimum absolute atomic E-state index is 0.222. The van der Waals surface area contributed by atoms with Gasteiger partial charge in [0.15, 0.2) is 0 Å². The lowest BCUT2D eigenvalue weighted by molar-refractivity contribution is 0.0680. The summed E-state index contributed by atoms with van der Waals surface area (Å²) >= 11 is 0. The molecule has 1 aromatic rings. The number of hydrogen-bond acceptors (Lipinski definition) is 4. The Morgan fingerprint density at radius 1 is 1.38 bits per heavy atom. The second-order valence-corrected chi connectivity index (χ2v) is 4.86. The van der Waals surface area contributed by atoms with Crippen LogP contribution in [-0.2, 0) is 6.42 Å². The minimum Gasteiger partial charge on any atom is -0.475 e. The van der Waals surface area contributed by atoms with E-state index in [1.807, 2.05) is 0 Å². The van der Waals surface area contributed by atoms with Crippen LogP contribution >= 0.6 is 0 Å². The molecular formula is C11H14N2O3. The largest absolute Gasteiger partial charge is 0.475 e. The average molecular weight is 222 g/mol. The van der Waals surface area contributed by atoms with E-state index in [2.05, 4.69) is 10.1 Å². The van der Waals surface area contributed by atoms with E-state index in [0.29, 0.717) is 11.8 Å². The highest BCUT2D eigenvalue weighted by Gasteiger charge is 2.42. The molecule has 0 unspecified atom stereocenters. The third-order valence-corrected chi connectivity index (χ3v) is 3.52. The number of aromatic carboxylic acids is 1.